The molecule has 2 aromatic carbocycles. The smallest absolute Gasteiger partial charge is 0.242 e. The molecule has 0 aliphatic carbocycles. The molecule has 0 fully saturated rings. The van der Waals surface area contributed by atoms with Gasteiger partial charge in [0.25, 0.3) is 0 Å². The third kappa shape index (κ3) is 4.08. The minimum atomic E-state index is -3.46. The van der Waals surface area contributed by atoms with Crippen LogP contribution < -0.4 is 4.74 Å². The van der Waals surface area contributed by atoms with Crippen molar-refractivity contribution in [3.63, 3.8) is 0 Å². The SMILES string of the molecule is CCOc1ccc(S(=O)(=O)N(C)CCc2ccccc2)cc1. The van der Waals surface area contributed by atoms with E-state index in [-0.39, 0.29) is 4.90 Å². The van der Waals surface area contributed by atoms with E-state index in [1.807, 2.05) is 37.3 Å². The molecule has 0 N–H and O–H groups in total. The fourth-order valence-corrected chi connectivity index (χ4v) is 3.28. The van der Waals surface area contributed by atoms with E-state index in [1.54, 1.807) is 31.3 Å². The highest BCUT2D eigenvalue weighted by atomic mass is 32.2. The molecule has 0 aliphatic rings. The van der Waals surface area contributed by atoms with Gasteiger partial charge in [0.05, 0.1) is 11.5 Å². The highest BCUT2D eigenvalue weighted by Gasteiger charge is 2.20. The number of nitrogens with zero attached hydrogens (tertiary/aromatic N) is 1. The molecule has 0 unspecified atom stereocenters. The molecule has 4 nitrogen and oxygen atoms in total. The first kappa shape index (κ1) is 16.5. The first-order valence-electron chi connectivity index (χ1n) is 7.27. The second-order valence-electron chi connectivity index (χ2n) is 4.97. The van der Waals surface area contributed by atoms with Gasteiger partial charge >= 0.3 is 0 Å². The number of hydrogen-bond acceptors (Lipinski definition) is 3. The highest BCUT2D eigenvalue weighted by Crippen LogP contribution is 2.19. The maximum Gasteiger partial charge on any atom is 0.242 e. The van der Waals surface area contributed by atoms with Gasteiger partial charge in [-0.15, -0.1) is 0 Å². The van der Waals surface area contributed by atoms with Crippen LogP contribution in [-0.2, 0) is 16.4 Å². The second-order valence-corrected chi connectivity index (χ2v) is 7.01. The lowest BCUT2D eigenvalue weighted by atomic mass is 10.2. The number of benzene rings is 2. The molecule has 0 atom stereocenters. The number of sulfonamides is 1. The zero-order chi connectivity index (χ0) is 16.0. The minimum Gasteiger partial charge on any atom is -0.494 e. The van der Waals surface area contributed by atoms with Crippen LogP contribution in [-0.4, -0.2) is 32.9 Å². The monoisotopic (exact) mass is 319 g/mol. The molecule has 22 heavy (non-hydrogen) atoms. The van der Waals surface area contributed by atoms with E-state index in [0.717, 1.165) is 5.56 Å². The van der Waals surface area contributed by atoms with Crippen molar-refractivity contribution in [3.05, 3.63) is 60.2 Å². The summed E-state index contributed by atoms with van der Waals surface area (Å²) in [5.74, 6) is 0.674. The zero-order valence-electron chi connectivity index (χ0n) is 12.9. The summed E-state index contributed by atoms with van der Waals surface area (Å²) in [6.45, 7) is 2.89. The lowest BCUT2D eigenvalue weighted by Gasteiger charge is -2.17. The number of ether oxygens (including phenoxy) is 1. The molecular formula is C17H21NO3S. The van der Waals surface area contributed by atoms with E-state index >= 15 is 0 Å². The molecule has 5 heteroatoms. The van der Waals surface area contributed by atoms with Gasteiger partial charge in [-0.25, -0.2) is 12.7 Å². The molecule has 0 saturated carbocycles. The van der Waals surface area contributed by atoms with Crippen molar-refractivity contribution in [3.8, 4) is 5.75 Å². The van der Waals surface area contributed by atoms with Gasteiger partial charge in [0.15, 0.2) is 0 Å². The third-order valence-electron chi connectivity index (χ3n) is 3.40. The van der Waals surface area contributed by atoms with Gasteiger partial charge in [-0.1, -0.05) is 30.3 Å². The summed E-state index contributed by atoms with van der Waals surface area (Å²) in [5, 5.41) is 0. The summed E-state index contributed by atoms with van der Waals surface area (Å²) in [4.78, 5) is 0.284. The van der Waals surface area contributed by atoms with E-state index in [9.17, 15) is 8.42 Å². The fraction of sp³-hybridized carbons (Fsp3) is 0.294. The first-order valence-corrected chi connectivity index (χ1v) is 8.71. The minimum absolute atomic E-state index is 0.284. The first-order chi connectivity index (χ1) is 10.5. The predicted octanol–water partition coefficient (Wildman–Crippen LogP) is 2.95. The number of hydrogen-bond donors (Lipinski definition) is 0. The molecule has 0 bridgehead atoms. The van der Waals surface area contributed by atoms with Gasteiger partial charge in [0.2, 0.25) is 10.0 Å². The Morgan fingerprint density at radius 2 is 1.64 bits per heavy atom. The summed E-state index contributed by atoms with van der Waals surface area (Å²) in [6.07, 6.45) is 0.688. The number of rotatable bonds is 7. The Bertz CT molecular complexity index is 682. The van der Waals surface area contributed by atoms with Gasteiger partial charge in [-0.2, -0.15) is 0 Å². The van der Waals surface area contributed by atoms with Crippen LogP contribution in [0.25, 0.3) is 0 Å². The summed E-state index contributed by atoms with van der Waals surface area (Å²) in [6, 6.07) is 16.4. The summed E-state index contributed by atoms with van der Waals surface area (Å²) < 4.78 is 31.7. The van der Waals surface area contributed by atoms with Crippen molar-refractivity contribution in [2.75, 3.05) is 20.2 Å². The standard InChI is InChI=1S/C17H21NO3S/c1-3-21-16-9-11-17(12-10-16)22(19,20)18(2)14-13-15-7-5-4-6-8-15/h4-12H,3,13-14H2,1-2H3. The van der Waals surface area contributed by atoms with Gasteiger partial charge in [0, 0.05) is 13.6 Å². The van der Waals surface area contributed by atoms with Crippen molar-refractivity contribution in [1.29, 1.82) is 0 Å². The zero-order valence-corrected chi connectivity index (χ0v) is 13.7. The van der Waals surface area contributed by atoms with Crippen molar-refractivity contribution in [2.45, 2.75) is 18.2 Å². The van der Waals surface area contributed by atoms with Gasteiger partial charge in [0.1, 0.15) is 5.75 Å². The summed E-state index contributed by atoms with van der Waals surface area (Å²) in [5.41, 5.74) is 1.12. The maximum absolute atomic E-state index is 12.5. The van der Waals surface area contributed by atoms with Gasteiger partial charge in [-0.3, -0.25) is 0 Å². The molecular weight excluding hydrogens is 298 g/mol. The van der Waals surface area contributed by atoms with E-state index < -0.39 is 10.0 Å². The van der Waals surface area contributed by atoms with E-state index in [4.69, 9.17) is 4.74 Å². The largest absolute Gasteiger partial charge is 0.494 e. The highest BCUT2D eigenvalue weighted by molar-refractivity contribution is 7.89. The molecule has 0 aromatic heterocycles. The normalized spacial score (nSPS) is 11.6. The van der Waals surface area contributed by atoms with Crippen LogP contribution in [0.1, 0.15) is 12.5 Å². The lowest BCUT2D eigenvalue weighted by molar-refractivity contribution is 0.340. The van der Waals surface area contributed by atoms with Crippen LogP contribution in [0.4, 0.5) is 0 Å². The molecule has 2 rings (SSSR count). The van der Waals surface area contributed by atoms with E-state index in [0.29, 0.717) is 25.3 Å². The van der Waals surface area contributed by atoms with Crippen molar-refractivity contribution in [2.24, 2.45) is 0 Å². The van der Waals surface area contributed by atoms with Gasteiger partial charge < -0.3 is 4.74 Å². The fourth-order valence-electron chi connectivity index (χ4n) is 2.11. The molecule has 0 radical (unpaired) electrons. The quantitative estimate of drug-likeness (QED) is 0.788. The van der Waals surface area contributed by atoms with Crippen molar-refractivity contribution < 1.29 is 13.2 Å². The van der Waals surface area contributed by atoms with Crippen LogP contribution in [0.3, 0.4) is 0 Å². The third-order valence-corrected chi connectivity index (χ3v) is 5.27. The molecule has 2 aromatic rings. The molecule has 0 spiro atoms. The van der Waals surface area contributed by atoms with E-state index in [1.165, 1.54) is 4.31 Å². The van der Waals surface area contributed by atoms with Crippen molar-refractivity contribution in [1.82, 2.24) is 4.31 Å². The summed E-state index contributed by atoms with van der Waals surface area (Å²) in [7, 11) is -1.86. The van der Waals surface area contributed by atoms with Crippen LogP contribution in [0, 0.1) is 0 Å². The Balaban J connectivity index is 2.05. The van der Waals surface area contributed by atoms with Crippen molar-refractivity contribution >= 4 is 10.0 Å². The van der Waals surface area contributed by atoms with Crippen LogP contribution >= 0.6 is 0 Å². The second kappa shape index (κ2) is 7.42. The number of likely N-dealkylation sites (N-methyl/N-ethyl adjacent to an activating group) is 1. The lowest BCUT2D eigenvalue weighted by Crippen LogP contribution is -2.29. The Kier molecular flexibility index (Phi) is 5.57. The molecule has 0 amide bonds. The maximum atomic E-state index is 12.5. The summed E-state index contributed by atoms with van der Waals surface area (Å²) >= 11 is 0. The Morgan fingerprint density at radius 3 is 2.23 bits per heavy atom. The Labute approximate surface area is 132 Å². The molecule has 0 heterocycles. The van der Waals surface area contributed by atoms with Crippen LogP contribution in [0.2, 0.25) is 0 Å². The Hall–Kier alpha value is -1.85. The predicted molar refractivity (Wildman–Crippen MR) is 87.6 cm³/mol. The average molecular weight is 319 g/mol. The van der Waals surface area contributed by atoms with E-state index in [2.05, 4.69) is 0 Å². The Morgan fingerprint density at radius 1 is 1.00 bits per heavy atom. The molecule has 118 valence electrons. The van der Waals surface area contributed by atoms with Gasteiger partial charge in [-0.05, 0) is 43.2 Å². The van der Waals surface area contributed by atoms with Crippen LogP contribution in [0.5, 0.6) is 5.75 Å². The van der Waals surface area contributed by atoms with Crippen LogP contribution in [0.15, 0.2) is 59.5 Å². The molecule has 0 saturated heterocycles. The topological polar surface area (TPSA) is 46.6 Å². The average Bonchev–Trinajstić information content (AvgIpc) is 2.54. The molecule has 0 aliphatic heterocycles.